The molecule has 0 N–H and O–H groups in total. The highest BCUT2D eigenvalue weighted by Gasteiger charge is 2.21. The van der Waals surface area contributed by atoms with Gasteiger partial charge in [-0.15, -0.1) is 0 Å². The lowest BCUT2D eigenvalue weighted by Crippen LogP contribution is -2.17. The first-order valence-electron chi connectivity index (χ1n) is 12.6. The molecule has 0 heterocycles. The van der Waals surface area contributed by atoms with Crippen LogP contribution >= 0.6 is 0 Å². The van der Waals surface area contributed by atoms with Crippen molar-refractivity contribution in [2.24, 2.45) is 0 Å². The predicted molar refractivity (Wildman–Crippen MR) is 147 cm³/mol. The van der Waals surface area contributed by atoms with E-state index in [2.05, 4.69) is 119 Å². The van der Waals surface area contributed by atoms with E-state index in [0.717, 1.165) is 11.3 Å². The molecule has 0 spiro atoms. The van der Waals surface area contributed by atoms with E-state index in [9.17, 15) is 0 Å². The number of unbranched alkanes of at least 4 members (excludes halogenated alkanes) is 1. The van der Waals surface area contributed by atoms with Crippen molar-refractivity contribution in [2.45, 2.75) is 78.1 Å². The van der Waals surface area contributed by atoms with Crippen LogP contribution < -0.4 is 4.90 Å². The van der Waals surface area contributed by atoms with Crippen molar-refractivity contribution in [1.29, 1.82) is 0 Å². The van der Waals surface area contributed by atoms with Crippen molar-refractivity contribution < 1.29 is 0 Å². The fourth-order valence-corrected chi connectivity index (χ4v) is 4.61. The predicted octanol–water partition coefficient (Wildman–Crippen LogP) is 10.2. The Kier molecular flexibility index (Phi) is 8.55. The maximum atomic E-state index is 3.97. The molecule has 1 nitrogen and oxygen atoms in total. The van der Waals surface area contributed by atoms with Gasteiger partial charge in [0.2, 0.25) is 0 Å². The molecule has 3 aromatic rings. The first kappa shape index (κ1) is 24.8. The van der Waals surface area contributed by atoms with E-state index in [4.69, 9.17) is 0 Å². The summed E-state index contributed by atoms with van der Waals surface area (Å²) in [6.45, 7) is 15.5. The van der Waals surface area contributed by atoms with Gasteiger partial charge < -0.3 is 4.90 Å². The molecule has 33 heavy (non-hydrogen) atoms. The standard InChI is InChI=1S/C32H41N/c1-7-10-23-32(5,6)28-17-21-30(22-18-28)33(31-14-11-13-26(9-3)24-31)29-19-15-27(16-20-29)25(4)12-8-2/h9,11,13-22,24-25H,3,7-8,10,12,23H2,1-2,4-6H3. The van der Waals surface area contributed by atoms with E-state index >= 15 is 0 Å². The molecule has 0 saturated carbocycles. The number of hydrogen-bond donors (Lipinski definition) is 0. The third-order valence-electron chi connectivity index (χ3n) is 6.87. The SMILES string of the molecule is C=Cc1cccc(N(c2ccc(C(C)CCC)cc2)c2ccc(C(C)(C)CCCC)cc2)c1. The summed E-state index contributed by atoms with van der Waals surface area (Å²) >= 11 is 0. The van der Waals surface area contributed by atoms with Crippen LogP contribution in [0.25, 0.3) is 6.08 Å². The van der Waals surface area contributed by atoms with Crippen molar-refractivity contribution in [3.8, 4) is 0 Å². The number of benzene rings is 3. The molecule has 0 aliphatic rings. The van der Waals surface area contributed by atoms with Gasteiger partial charge in [-0.3, -0.25) is 0 Å². The first-order valence-corrected chi connectivity index (χ1v) is 12.6. The van der Waals surface area contributed by atoms with Gasteiger partial charge in [-0.05, 0) is 77.3 Å². The van der Waals surface area contributed by atoms with Crippen LogP contribution in [0.5, 0.6) is 0 Å². The number of rotatable bonds is 11. The van der Waals surface area contributed by atoms with Crippen LogP contribution in [0.15, 0.2) is 79.4 Å². The Morgan fingerprint density at radius 2 is 1.48 bits per heavy atom. The number of anilines is 3. The average Bonchev–Trinajstić information content (AvgIpc) is 2.84. The molecule has 0 aliphatic heterocycles. The summed E-state index contributed by atoms with van der Waals surface area (Å²) in [7, 11) is 0. The van der Waals surface area contributed by atoms with Gasteiger partial charge in [-0.1, -0.05) is 103 Å². The van der Waals surface area contributed by atoms with Gasteiger partial charge in [0.25, 0.3) is 0 Å². The summed E-state index contributed by atoms with van der Waals surface area (Å²) in [5.74, 6) is 0.589. The Bertz CT molecular complexity index is 1010. The fourth-order valence-electron chi connectivity index (χ4n) is 4.61. The van der Waals surface area contributed by atoms with Crippen LogP contribution in [0.3, 0.4) is 0 Å². The zero-order valence-corrected chi connectivity index (χ0v) is 21.3. The van der Waals surface area contributed by atoms with Crippen LogP contribution in [-0.2, 0) is 5.41 Å². The van der Waals surface area contributed by atoms with Crippen LogP contribution in [0.1, 0.15) is 89.3 Å². The van der Waals surface area contributed by atoms with Crippen molar-refractivity contribution in [3.63, 3.8) is 0 Å². The van der Waals surface area contributed by atoms with E-state index in [0.29, 0.717) is 5.92 Å². The molecular formula is C32H41N. The molecule has 1 heteroatoms. The monoisotopic (exact) mass is 439 g/mol. The molecular weight excluding hydrogens is 398 g/mol. The highest BCUT2D eigenvalue weighted by atomic mass is 15.1. The minimum atomic E-state index is 0.194. The van der Waals surface area contributed by atoms with Gasteiger partial charge in [0, 0.05) is 17.1 Å². The molecule has 1 unspecified atom stereocenters. The largest absolute Gasteiger partial charge is 0.310 e. The minimum absolute atomic E-state index is 0.194. The number of hydrogen-bond acceptors (Lipinski definition) is 1. The van der Waals surface area contributed by atoms with Gasteiger partial charge in [0.15, 0.2) is 0 Å². The van der Waals surface area contributed by atoms with E-state index in [1.165, 1.54) is 54.6 Å². The summed E-state index contributed by atoms with van der Waals surface area (Å²) in [6.07, 6.45) is 8.06. The lowest BCUT2D eigenvalue weighted by molar-refractivity contribution is 0.458. The fraction of sp³-hybridized carbons (Fsp3) is 0.375. The molecule has 0 aliphatic carbocycles. The molecule has 1 atom stereocenters. The molecule has 0 aromatic heterocycles. The Morgan fingerprint density at radius 1 is 0.848 bits per heavy atom. The molecule has 0 saturated heterocycles. The maximum absolute atomic E-state index is 3.97. The van der Waals surface area contributed by atoms with E-state index < -0.39 is 0 Å². The zero-order chi connectivity index (χ0) is 23.8. The highest BCUT2D eigenvalue weighted by molar-refractivity contribution is 5.78. The van der Waals surface area contributed by atoms with E-state index in [-0.39, 0.29) is 5.41 Å². The summed E-state index contributed by atoms with van der Waals surface area (Å²) in [5, 5.41) is 0. The topological polar surface area (TPSA) is 3.24 Å². The van der Waals surface area contributed by atoms with Crippen molar-refractivity contribution in [1.82, 2.24) is 0 Å². The third kappa shape index (κ3) is 6.16. The number of nitrogens with zero attached hydrogens (tertiary/aromatic N) is 1. The quantitative estimate of drug-likeness (QED) is 0.287. The lowest BCUT2D eigenvalue weighted by atomic mass is 9.80. The molecule has 3 aromatic carbocycles. The molecule has 3 rings (SSSR count). The van der Waals surface area contributed by atoms with E-state index in [1.807, 2.05) is 6.08 Å². The second-order valence-corrected chi connectivity index (χ2v) is 9.95. The smallest absolute Gasteiger partial charge is 0.0467 e. The highest BCUT2D eigenvalue weighted by Crippen LogP contribution is 2.38. The van der Waals surface area contributed by atoms with Gasteiger partial charge in [0.05, 0.1) is 0 Å². The second-order valence-electron chi connectivity index (χ2n) is 9.95. The van der Waals surface area contributed by atoms with Crippen LogP contribution in [-0.4, -0.2) is 0 Å². The van der Waals surface area contributed by atoms with Gasteiger partial charge in [-0.25, -0.2) is 0 Å². The molecule has 0 bridgehead atoms. The lowest BCUT2D eigenvalue weighted by Gasteiger charge is -2.29. The summed E-state index contributed by atoms with van der Waals surface area (Å²) in [6, 6.07) is 26.9. The molecule has 0 radical (unpaired) electrons. The Hall–Kier alpha value is -2.80. The molecule has 0 amide bonds. The molecule has 0 fully saturated rings. The zero-order valence-electron chi connectivity index (χ0n) is 21.3. The third-order valence-corrected chi connectivity index (χ3v) is 6.87. The normalized spacial score (nSPS) is 12.4. The minimum Gasteiger partial charge on any atom is -0.310 e. The van der Waals surface area contributed by atoms with Crippen molar-refractivity contribution in [2.75, 3.05) is 4.90 Å². The van der Waals surface area contributed by atoms with Gasteiger partial charge >= 0.3 is 0 Å². The van der Waals surface area contributed by atoms with Gasteiger partial charge in [-0.2, -0.15) is 0 Å². The second kappa shape index (κ2) is 11.4. The Balaban J connectivity index is 2.00. The summed E-state index contributed by atoms with van der Waals surface area (Å²) < 4.78 is 0. The summed E-state index contributed by atoms with van der Waals surface area (Å²) in [4.78, 5) is 2.35. The van der Waals surface area contributed by atoms with Crippen LogP contribution in [0, 0.1) is 0 Å². The van der Waals surface area contributed by atoms with Gasteiger partial charge in [0.1, 0.15) is 0 Å². The van der Waals surface area contributed by atoms with Crippen molar-refractivity contribution >= 4 is 23.1 Å². The maximum Gasteiger partial charge on any atom is 0.0467 e. The Labute approximate surface area is 202 Å². The summed E-state index contributed by atoms with van der Waals surface area (Å²) in [5.41, 5.74) is 7.65. The van der Waals surface area contributed by atoms with Crippen molar-refractivity contribution in [3.05, 3.63) is 96.1 Å². The van der Waals surface area contributed by atoms with Crippen LogP contribution in [0.4, 0.5) is 17.1 Å². The average molecular weight is 440 g/mol. The first-order chi connectivity index (χ1) is 15.9. The Morgan fingerprint density at radius 3 is 2.06 bits per heavy atom. The van der Waals surface area contributed by atoms with E-state index in [1.54, 1.807) is 0 Å². The van der Waals surface area contributed by atoms with Crippen LogP contribution in [0.2, 0.25) is 0 Å². The molecule has 174 valence electrons.